The Labute approximate surface area is 117 Å². The van der Waals surface area contributed by atoms with Gasteiger partial charge >= 0.3 is 0 Å². The van der Waals surface area contributed by atoms with E-state index in [1.807, 2.05) is 0 Å². The van der Waals surface area contributed by atoms with Crippen molar-refractivity contribution in [2.45, 2.75) is 71.1 Å². The smallest absolute Gasteiger partial charge is 0.118 e. The van der Waals surface area contributed by atoms with Crippen LogP contribution < -0.4 is 5.32 Å². The number of hydrogen-bond donors (Lipinski definition) is 1. The van der Waals surface area contributed by atoms with Gasteiger partial charge in [-0.3, -0.25) is 4.90 Å². The Balaban J connectivity index is 1.81. The summed E-state index contributed by atoms with van der Waals surface area (Å²) in [6, 6.07) is 5.46. The summed E-state index contributed by atoms with van der Waals surface area (Å²) in [5, 5.41) is 3.38. The topological polar surface area (TPSA) is 28.4 Å². The van der Waals surface area contributed by atoms with E-state index >= 15 is 0 Å². The molecule has 0 amide bonds. The molecule has 0 aromatic carbocycles. The van der Waals surface area contributed by atoms with E-state index in [2.05, 4.69) is 43.2 Å². The van der Waals surface area contributed by atoms with Gasteiger partial charge in [0, 0.05) is 12.1 Å². The van der Waals surface area contributed by atoms with Gasteiger partial charge in [0.1, 0.15) is 11.5 Å². The molecule has 3 heteroatoms. The Bertz CT molecular complexity index is 367. The molecule has 0 bridgehead atoms. The summed E-state index contributed by atoms with van der Waals surface area (Å²) in [5.41, 5.74) is 0. The first-order chi connectivity index (χ1) is 9.15. The molecule has 108 valence electrons. The quantitative estimate of drug-likeness (QED) is 0.852. The molecular weight excluding hydrogens is 236 g/mol. The maximum absolute atomic E-state index is 5.89. The Kier molecular flexibility index (Phi) is 5.46. The van der Waals surface area contributed by atoms with Crippen molar-refractivity contribution in [2.75, 3.05) is 7.05 Å². The number of furan rings is 1. The molecule has 0 unspecified atom stereocenters. The van der Waals surface area contributed by atoms with Gasteiger partial charge in [-0.15, -0.1) is 0 Å². The molecule has 2 rings (SSSR count). The van der Waals surface area contributed by atoms with Gasteiger partial charge in [0.25, 0.3) is 0 Å². The monoisotopic (exact) mass is 264 g/mol. The summed E-state index contributed by atoms with van der Waals surface area (Å²) >= 11 is 0. The first kappa shape index (κ1) is 14.6. The summed E-state index contributed by atoms with van der Waals surface area (Å²) in [4.78, 5) is 2.46. The fourth-order valence-corrected chi connectivity index (χ4v) is 2.80. The second-order valence-corrected chi connectivity index (χ2v) is 6.11. The second-order valence-electron chi connectivity index (χ2n) is 6.11. The highest BCUT2D eigenvalue weighted by Gasteiger charge is 2.18. The van der Waals surface area contributed by atoms with E-state index < -0.39 is 0 Å². The minimum atomic E-state index is 0.499. The van der Waals surface area contributed by atoms with Crippen LogP contribution in [0.5, 0.6) is 0 Å². The van der Waals surface area contributed by atoms with E-state index in [1.54, 1.807) is 0 Å². The molecule has 1 aliphatic rings. The number of nitrogens with one attached hydrogen (secondary N) is 1. The van der Waals surface area contributed by atoms with Crippen molar-refractivity contribution < 1.29 is 4.42 Å². The molecule has 1 fully saturated rings. The largest absolute Gasteiger partial charge is 0.463 e. The van der Waals surface area contributed by atoms with Crippen LogP contribution >= 0.6 is 0 Å². The number of nitrogens with zero attached hydrogens (tertiary/aromatic N) is 1. The average molecular weight is 264 g/mol. The molecule has 1 saturated carbocycles. The lowest BCUT2D eigenvalue weighted by atomic mass is 9.94. The first-order valence-electron chi connectivity index (χ1n) is 7.66. The molecule has 1 N–H and O–H groups in total. The third-order valence-corrected chi connectivity index (χ3v) is 4.01. The third-order valence-electron chi connectivity index (χ3n) is 4.01. The predicted octanol–water partition coefficient (Wildman–Crippen LogP) is 3.54. The van der Waals surface area contributed by atoms with E-state index in [9.17, 15) is 0 Å². The zero-order valence-electron chi connectivity index (χ0n) is 12.6. The lowest BCUT2D eigenvalue weighted by molar-refractivity contribution is 0.172. The zero-order valence-corrected chi connectivity index (χ0v) is 12.6. The minimum Gasteiger partial charge on any atom is -0.463 e. The Morgan fingerprint density at radius 1 is 1.21 bits per heavy atom. The van der Waals surface area contributed by atoms with E-state index in [4.69, 9.17) is 4.42 Å². The van der Waals surface area contributed by atoms with Crippen LogP contribution in [0.25, 0.3) is 0 Å². The van der Waals surface area contributed by atoms with Crippen LogP contribution in [0, 0.1) is 0 Å². The minimum absolute atomic E-state index is 0.499. The standard InChI is InChI=1S/C16H28N2O/c1-13(2)17-11-15-9-10-16(19-15)12-18(3)14-7-5-4-6-8-14/h9-10,13-14,17H,4-8,11-12H2,1-3H3. The molecule has 1 aromatic heterocycles. The molecule has 0 radical (unpaired) electrons. The van der Waals surface area contributed by atoms with Crippen molar-refractivity contribution in [1.82, 2.24) is 10.2 Å². The van der Waals surface area contributed by atoms with Crippen LogP contribution in [0.4, 0.5) is 0 Å². The van der Waals surface area contributed by atoms with Gasteiger partial charge in [-0.05, 0) is 32.0 Å². The highest BCUT2D eigenvalue weighted by atomic mass is 16.3. The summed E-state index contributed by atoms with van der Waals surface area (Å²) in [5.74, 6) is 2.13. The number of hydrogen-bond acceptors (Lipinski definition) is 3. The van der Waals surface area contributed by atoms with Crippen molar-refractivity contribution >= 4 is 0 Å². The molecule has 0 atom stereocenters. The van der Waals surface area contributed by atoms with Crippen LogP contribution in [0.15, 0.2) is 16.5 Å². The SMILES string of the molecule is CC(C)NCc1ccc(CN(C)C2CCCCC2)o1. The van der Waals surface area contributed by atoms with E-state index in [0.717, 1.165) is 30.7 Å². The summed E-state index contributed by atoms with van der Waals surface area (Å²) in [6.45, 7) is 6.07. The predicted molar refractivity (Wildman–Crippen MR) is 79.0 cm³/mol. The Morgan fingerprint density at radius 3 is 2.58 bits per heavy atom. The van der Waals surface area contributed by atoms with Crippen molar-refractivity contribution in [3.8, 4) is 0 Å². The Hall–Kier alpha value is -0.800. The maximum atomic E-state index is 5.89. The van der Waals surface area contributed by atoms with Gasteiger partial charge in [0.05, 0.1) is 13.1 Å². The number of rotatable bonds is 6. The molecule has 19 heavy (non-hydrogen) atoms. The lowest BCUT2D eigenvalue weighted by Gasteiger charge is -2.30. The van der Waals surface area contributed by atoms with Crippen LogP contribution in [0.3, 0.4) is 0 Å². The summed E-state index contributed by atoms with van der Waals surface area (Å²) in [6.07, 6.45) is 6.88. The average Bonchev–Trinajstić information content (AvgIpc) is 2.85. The molecular formula is C16H28N2O. The van der Waals surface area contributed by atoms with Crippen LogP contribution in [0.1, 0.15) is 57.5 Å². The van der Waals surface area contributed by atoms with Crippen molar-refractivity contribution in [3.63, 3.8) is 0 Å². The fraction of sp³-hybridized carbons (Fsp3) is 0.750. The van der Waals surface area contributed by atoms with Crippen molar-refractivity contribution in [3.05, 3.63) is 23.7 Å². The van der Waals surface area contributed by atoms with Gasteiger partial charge in [0.15, 0.2) is 0 Å². The first-order valence-corrected chi connectivity index (χ1v) is 7.66. The highest BCUT2D eigenvalue weighted by molar-refractivity contribution is 5.07. The fourth-order valence-electron chi connectivity index (χ4n) is 2.80. The molecule has 1 heterocycles. The highest BCUT2D eigenvalue weighted by Crippen LogP contribution is 2.23. The second kappa shape index (κ2) is 7.11. The van der Waals surface area contributed by atoms with Crippen LogP contribution in [0.2, 0.25) is 0 Å². The lowest BCUT2D eigenvalue weighted by Crippen LogP contribution is -2.32. The molecule has 0 aliphatic heterocycles. The third kappa shape index (κ3) is 4.66. The van der Waals surface area contributed by atoms with E-state index in [1.165, 1.54) is 32.1 Å². The van der Waals surface area contributed by atoms with E-state index in [-0.39, 0.29) is 0 Å². The van der Waals surface area contributed by atoms with Crippen LogP contribution in [-0.2, 0) is 13.1 Å². The van der Waals surface area contributed by atoms with Gasteiger partial charge in [-0.2, -0.15) is 0 Å². The molecule has 0 saturated heterocycles. The zero-order chi connectivity index (χ0) is 13.7. The summed E-state index contributed by atoms with van der Waals surface area (Å²) < 4.78 is 5.89. The van der Waals surface area contributed by atoms with Crippen molar-refractivity contribution in [2.24, 2.45) is 0 Å². The maximum Gasteiger partial charge on any atom is 0.118 e. The van der Waals surface area contributed by atoms with E-state index in [0.29, 0.717) is 6.04 Å². The van der Waals surface area contributed by atoms with Crippen LogP contribution in [-0.4, -0.2) is 24.0 Å². The summed E-state index contributed by atoms with van der Waals surface area (Å²) in [7, 11) is 2.23. The van der Waals surface area contributed by atoms with Crippen molar-refractivity contribution in [1.29, 1.82) is 0 Å². The molecule has 1 aliphatic carbocycles. The molecule has 3 nitrogen and oxygen atoms in total. The van der Waals surface area contributed by atoms with Gasteiger partial charge < -0.3 is 9.73 Å². The Morgan fingerprint density at radius 2 is 1.89 bits per heavy atom. The van der Waals surface area contributed by atoms with Gasteiger partial charge in [-0.1, -0.05) is 33.1 Å². The van der Waals surface area contributed by atoms with Gasteiger partial charge in [0.2, 0.25) is 0 Å². The normalized spacial score (nSPS) is 17.5. The van der Waals surface area contributed by atoms with Gasteiger partial charge in [-0.25, -0.2) is 0 Å². The molecule has 0 spiro atoms. The molecule has 1 aromatic rings.